The van der Waals surface area contributed by atoms with Crippen LogP contribution in [0.3, 0.4) is 0 Å². The molecule has 208 valence electrons. The maximum absolute atomic E-state index is 12.1. The largest absolute Gasteiger partial charge is 0.466 e. The molecule has 0 aliphatic rings. The average Bonchev–Trinajstić information content (AvgIpc) is 3.32. The van der Waals surface area contributed by atoms with E-state index in [1.807, 2.05) is 30.3 Å². The van der Waals surface area contributed by atoms with Gasteiger partial charge in [-0.3, -0.25) is 9.59 Å². The highest BCUT2D eigenvalue weighted by Crippen LogP contribution is 2.15. The molecule has 1 heterocycles. The van der Waals surface area contributed by atoms with Crippen molar-refractivity contribution >= 4 is 22.8 Å². The van der Waals surface area contributed by atoms with Crippen LogP contribution in [0.4, 0.5) is 0 Å². The number of ether oxygens (including phenoxy) is 2. The number of fused-ring (bicyclic) bond motifs is 1. The second-order valence-electron chi connectivity index (χ2n) is 9.56. The molecule has 0 fully saturated rings. The second kappa shape index (κ2) is 19.9. The van der Waals surface area contributed by atoms with Crippen molar-refractivity contribution in [1.29, 1.82) is 0 Å². The molecule has 1 aromatic heterocycles. The van der Waals surface area contributed by atoms with Crippen molar-refractivity contribution in [2.24, 2.45) is 5.73 Å². The van der Waals surface area contributed by atoms with E-state index in [-0.39, 0.29) is 19.2 Å². The van der Waals surface area contributed by atoms with Crippen LogP contribution in [0.15, 0.2) is 66.8 Å². The predicted octanol–water partition coefficient (Wildman–Crippen LogP) is 7.10. The molecule has 2 rings (SSSR count). The van der Waals surface area contributed by atoms with E-state index < -0.39 is 12.0 Å². The SMILES string of the molecule is CCCCCC=CCC=CCC=CCCCCC(=O)OCCCOC(=O)C(N)Cc1cc2ccccc2[nH]1. The minimum Gasteiger partial charge on any atom is -0.466 e. The van der Waals surface area contributed by atoms with E-state index in [0.717, 1.165) is 48.7 Å². The smallest absolute Gasteiger partial charge is 0.323 e. The summed E-state index contributed by atoms with van der Waals surface area (Å²) in [4.78, 5) is 27.3. The number of nitrogens with two attached hydrogens (primary N) is 1. The van der Waals surface area contributed by atoms with Crippen LogP contribution in [0, 0.1) is 0 Å². The highest BCUT2D eigenvalue weighted by atomic mass is 16.5. The van der Waals surface area contributed by atoms with Crippen LogP contribution in [-0.2, 0) is 25.5 Å². The first kappa shape index (κ1) is 31.1. The fourth-order valence-electron chi connectivity index (χ4n) is 3.98. The van der Waals surface area contributed by atoms with Crippen molar-refractivity contribution in [3.8, 4) is 0 Å². The normalized spacial score (nSPS) is 12.7. The van der Waals surface area contributed by atoms with E-state index >= 15 is 0 Å². The maximum Gasteiger partial charge on any atom is 0.323 e. The fraction of sp³-hybridized carbons (Fsp3) is 0.500. The Morgan fingerprint density at radius 1 is 0.868 bits per heavy atom. The monoisotopic (exact) mass is 522 g/mol. The molecule has 0 amide bonds. The number of H-pyrrole nitrogens is 1. The zero-order valence-corrected chi connectivity index (χ0v) is 23.0. The number of esters is 2. The Bertz CT molecular complexity index is 988. The van der Waals surface area contributed by atoms with Crippen LogP contribution < -0.4 is 5.73 Å². The van der Waals surface area contributed by atoms with Crippen LogP contribution in [0.1, 0.15) is 83.2 Å². The Balaban J connectivity index is 1.41. The number of aromatic amines is 1. The molecule has 0 bridgehead atoms. The number of allylic oxidation sites excluding steroid dienone is 6. The number of carbonyl (C=O) groups is 2. The van der Waals surface area contributed by atoms with Crippen LogP contribution >= 0.6 is 0 Å². The lowest BCUT2D eigenvalue weighted by molar-refractivity contribution is -0.147. The zero-order chi connectivity index (χ0) is 27.3. The molecule has 38 heavy (non-hydrogen) atoms. The summed E-state index contributed by atoms with van der Waals surface area (Å²) in [6, 6.07) is 9.17. The first-order valence-electron chi connectivity index (χ1n) is 14.2. The minimum atomic E-state index is -0.738. The Morgan fingerprint density at radius 3 is 2.24 bits per heavy atom. The van der Waals surface area contributed by atoms with Crippen LogP contribution in [0.25, 0.3) is 10.9 Å². The summed E-state index contributed by atoms with van der Waals surface area (Å²) in [6.07, 6.45) is 24.3. The van der Waals surface area contributed by atoms with Gasteiger partial charge in [0.25, 0.3) is 0 Å². The molecular weight excluding hydrogens is 476 g/mol. The molecule has 6 heteroatoms. The van der Waals surface area contributed by atoms with E-state index in [0.29, 0.717) is 19.3 Å². The van der Waals surface area contributed by atoms with Gasteiger partial charge in [0.2, 0.25) is 0 Å². The van der Waals surface area contributed by atoms with E-state index in [9.17, 15) is 9.59 Å². The van der Waals surface area contributed by atoms with Crippen LogP contribution in [0.2, 0.25) is 0 Å². The van der Waals surface area contributed by atoms with Gasteiger partial charge in [0.15, 0.2) is 0 Å². The van der Waals surface area contributed by atoms with Gasteiger partial charge in [-0.05, 0) is 62.5 Å². The lowest BCUT2D eigenvalue weighted by atomic mass is 10.1. The van der Waals surface area contributed by atoms with Gasteiger partial charge in [0.05, 0.1) is 13.2 Å². The Hall–Kier alpha value is -3.12. The van der Waals surface area contributed by atoms with Gasteiger partial charge in [-0.2, -0.15) is 0 Å². The lowest BCUT2D eigenvalue weighted by Gasteiger charge is -2.11. The molecule has 0 aliphatic carbocycles. The molecule has 1 aromatic carbocycles. The van der Waals surface area contributed by atoms with Crippen molar-refractivity contribution in [3.63, 3.8) is 0 Å². The third-order valence-electron chi connectivity index (χ3n) is 6.14. The molecule has 1 unspecified atom stereocenters. The second-order valence-corrected chi connectivity index (χ2v) is 9.56. The quantitative estimate of drug-likeness (QED) is 0.110. The third kappa shape index (κ3) is 14.0. The Morgan fingerprint density at radius 2 is 1.53 bits per heavy atom. The van der Waals surface area contributed by atoms with Crippen molar-refractivity contribution in [1.82, 2.24) is 4.98 Å². The number of nitrogens with one attached hydrogen (secondary N) is 1. The first-order valence-corrected chi connectivity index (χ1v) is 14.2. The number of hydrogen-bond donors (Lipinski definition) is 2. The van der Waals surface area contributed by atoms with Gasteiger partial charge in [0.1, 0.15) is 6.04 Å². The molecule has 0 saturated heterocycles. The average molecular weight is 523 g/mol. The molecule has 6 nitrogen and oxygen atoms in total. The number of hydrogen-bond acceptors (Lipinski definition) is 5. The van der Waals surface area contributed by atoms with Gasteiger partial charge < -0.3 is 20.2 Å². The molecule has 1 atom stereocenters. The van der Waals surface area contributed by atoms with Crippen molar-refractivity contribution < 1.29 is 19.1 Å². The molecule has 2 aromatic rings. The highest BCUT2D eigenvalue weighted by Gasteiger charge is 2.17. The van der Waals surface area contributed by atoms with Gasteiger partial charge in [-0.1, -0.05) is 74.4 Å². The summed E-state index contributed by atoms with van der Waals surface area (Å²) >= 11 is 0. The number of carbonyl (C=O) groups excluding carboxylic acids is 2. The standard InChI is InChI=1S/C32H46N2O4/c1-2-3-4-5-6-7-8-9-10-11-12-13-14-15-16-22-31(35)37-23-19-24-38-32(36)29(33)26-28-25-27-20-17-18-21-30(27)34-28/h6-7,9-10,12-13,17-18,20-21,25,29,34H,2-5,8,11,14-16,19,22-24,26,33H2,1H3. The summed E-state index contributed by atoms with van der Waals surface area (Å²) in [5.41, 5.74) is 7.90. The third-order valence-corrected chi connectivity index (χ3v) is 6.14. The summed E-state index contributed by atoms with van der Waals surface area (Å²) < 4.78 is 10.5. The van der Waals surface area contributed by atoms with Crippen LogP contribution in [-0.4, -0.2) is 36.2 Å². The van der Waals surface area contributed by atoms with E-state index in [1.165, 1.54) is 25.7 Å². The van der Waals surface area contributed by atoms with E-state index in [1.54, 1.807) is 0 Å². The fourth-order valence-corrected chi connectivity index (χ4v) is 3.98. The van der Waals surface area contributed by atoms with Crippen molar-refractivity contribution in [3.05, 3.63) is 72.5 Å². The van der Waals surface area contributed by atoms with Gasteiger partial charge in [-0.25, -0.2) is 0 Å². The summed E-state index contributed by atoms with van der Waals surface area (Å²) in [5.74, 6) is -0.658. The Labute approximate surface area is 228 Å². The summed E-state index contributed by atoms with van der Waals surface area (Å²) in [5, 5.41) is 1.08. The molecule has 0 saturated carbocycles. The molecule has 0 spiro atoms. The topological polar surface area (TPSA) is 94.4 Å². The summed E-state index contributed by atoms with van der Waals surface area (Å²) in [7, 11) is 0. The van der Waals surface area contributed by atoms with Gasteiger partial charge in [0, 0.05) is 30.5 Å². The van der Waals surface area contributed by atoms with Crippen molar-refractivity contribution in [2.45, 2.75) is 90.0 Å². The number of benzene rings is 1. The van der Waals surface area contributed by atoms with Gasteiger partial charge >= 0.3 is 11.9 Å². The van der Waals surface area contributed by atoms with E-state index in [2.05, 4.69) is 48.4 Å². The number of unbranched alkanes of at least 4 members (excludes halogenated alkanes) is 5. The van der Waals surface area contributed by atoms with Gasteiger partial charge in [-0.15, -0.1) is 0 Å². The zero-order valence-electron chi connectivity index (χ0n) is 23.0. The molecule has 0 radical (unpaired) electrons. The van der Waals surface area contributed by atoms with E-state index in [4.69, 9.17) is 15.2 Å². The van der Waals surface area contributed by atoms with Crippen LogP contribution in [0.5, 0.6) is 0 Å². The molecular formula is C32H46N2O4. The predicted molar refractivity (Wildman–Crippen MR) is 156 cm³/mol. The Kier molecular flexibility index (Phi) is 16.3. The molecule has 3 N–H and O–H groups in total. The summed E-state index contributed by atoms with van der Waals surface area (Å²) in [6.45, 7) is 2.65. The highest BCUT2D eigenvalue weighted by molar-refractivity contribution is 5.81. The number of aromatic nitrogens is 1. The number of rotatable bonds is 20. The lowest BCUT2D eigenvalue weighted by Crippen LogP contribution is -2.34. The molecule has 0 aliphatic heterocycles. The minimum absolute atomic E-state index is 0.182. The number of para-hydroxylation sites is 1. The maximum atomic E-state index is 12.1. The van der Waals surface area contributed by atoms with Crippen molar-refractivity contribution in [2.75, 3.05) is 13.2 Å². The first-order chi connectivity index (χ1) is 18.6.